The van der Waals surface area contributed by atoms with E-state index in [4.69, 9.17) is 10.8 Å². The van der Waals surface area contributed by atoms with E-state index in [1.165, 1.54) is 0 Å². The Morgan fingerprint density at radius 2 is 1.75 bits per heavy atom. The molecule has 0 radical (unpaired) electrons. The van der Waals surface area contributed by atoms with E-state index in [1.807, 2.05) is 39.0 Å². The van der Waals surface area contributed by atoms with E-state index in [0.717, 1.165) is 16.7 Å². The van der Waals surface area contributed by atoms with Gasteiger partial charge in [-0.2, -0.15) is 0 Å². The van der Waals surface area contributed by atoms with Crippen molar-refractivity contribution in [2.45, 2.75) is 32.7 Å². The van der Waals surface area contributed by atoms with Crippen LogP contribution in [0.4, 0.5) is 0 Å². The van der Waals surface area contributed by atoms with Crippen molar-refractivity contribution >= 4 is 18.4 Å². The van der Waals surface area contributed by atoms with Gasteiger partial charge in [0.15, 0.2) is 0 Å². The number of hydrogen-bond acceptors (Lipinski definition) is 2. The van der Waals surface area contributed by atoms with Crippen LogP contribution in [0.25, 0.3) is 0 Å². The van der Waals surface area contributed by atoms with E-state index in [1.54, 1.807) is 0 Å². The highest BCUT2D eigenvalue weighted by atomic mass is 35.5. The summed E-state index contributed by atoms with van der Waals surface area (Å²) in [6, 6.07) is 5.08. The maximum atomic E-state index is 10.8. The Kier molecular flexibility index (Phi) is 5.48. The Balaban J connectivity index is 0.00000225. The van der Waals surface area contributed by atoms with Crippen molar-refractivity contribution in [3.63, 3.8) is 0 Å². The molecular formula is C12H18ClNO2. The molecule has 2 atom stereocenters. The molecule has 0 bridgehead atoms. The summed E-state index contributed by atoms with van der Waals surface area (Å²) in [6.07, 6.45) is 0. The first-order chi connectivity index (χ1) is 6.95. The molecule has 4 heteroatoms. The lowest BCUT2D eigenvalue weighted by atomic mass is 9.87. The highest BCUT2D eigenvalue weighted by Gasteiger charge is 2.23. The predicted octanol–water partition coefficient (Wildman–Crippen LogP) is 2.24. The first-order valence-electron chi connectivity index (χ1n) is 4.99. The van der Waals surface area contributed by atoms with Crippen molar-refractivity contribution in [1.82, 2.24) is 0 Å². The summed E-state index contributed by atoms with van der Waals surface area (Å²) in [4.78, 5) is 10.8. The molecule has 0 heterocycles. The number of rotatable bonds is 3. The van der Waals surface area contributed by atoms with Crippen LogP contribution < -0.4 is 5.73 Å². The fourth-order valence-electron chi connectivity index (χ4n) is 1.94. The summed E-state index contributed by atoms with van der Waals surface area (Å²) >= 11 is 0. The van der Waals surface area contributed by atoms with Gasteiger partial charge in [0.2, 0.25) is 0 Å². The van der Waals surface area contributed by atoms with E-state index >= 15 is 0 Å². The Morgan fingerprint density at radius 3 is 2.12 bits per heavy atom. The van der Waals surface area contributed by atoms with Crippen molar-refractivity contribution in [2.75, 3.05) is 0 Å². The largest absolute Gasteiger partial charge is 0.480 e. The van der Waals surface area contributed by atoms with Crippen LogP contribution >= 0.6 is 12.4 Å². The van der Waals surface area contributed by atoms with Crippen LogP contribution in [0.1, 0.15) is 29.5 Å². The second kappa shape index (κ2) is 5.87. The molecule has 0 aliphatic heterocycles. The number of carbonyl (C=O) groups is 1. The summed E-state index contributed by atoms with van der Waals surface area (Å²) in [7, 11) is 0. The van der Waals surface area contributed by atoms with Crippen molar-refractivity contribution in [3.8, 4) is 0 Å². The minimum absolute atomic E-state index is 0. The van der Waals surface area contributed by atoms with Gasteiger partial charge in [0.1, 0.15) is 6.04 Å². The van der Waals surface area contributed by atoms with Crippen LogP contribution in [0.15, 0.2) is 18.2 Å². The van der Waals surface area contributed by atoms with Crippen LogP contribution in [0.2, 0.25) is 0 Å². The average Bonchev–Trinajstić information content (AvgIpc) is 2.15. The lowest BCUT2D eigenvalue weighted by molar-refractivity contribution is -0.139. The van der Waals surface area contributed by atoms with Crippen molar-refractivity contribution in [3.05, 3.63) is 34.9 Å². The molecule has 3 N–H and O–H groups in total. The van der Waals surface area contributed by atoms with Crippen molar-refractivity contribution in [2.24, 2.45) is 5.73 Å². The first-order valence-corrected chi connectivity index (χ1v) is 4.99. The monoisotopic (exact) mass is 243 g/mol. The Hall–Kier alpha value is -1.06. The standard InChI is InChI=1S/C12H17NO2.ClH/c1-7-5-4-6-8(2)10(7)9(3)11(13)12(14)15;/h4-6,9,11H,13H2,1-3H3,(H,14,15);1H/t9-,11-;/m0./s1. The van der Waals surface area contributed by atoms with Gasteiger partial charge >= 0.3 is 5.97 Å². The van der Waals surface area contributed by atoms with Gasteiger partial charge in [-0.05, 0) is 30.5 Å². The molecule has 1 aromatic rings. The third kappa shape index (κ3) is 2.97. The Labute approximate surface area is 102 Å². The van der Waals surface area contributed by atoms with Gasteiger partial charge in [-0.25, -0.2) is 0 Å². The second-order valence-corrected chi connectivity index (χ2v) is 3.96. The molecule has 0 amide bonds. The topological polar surface area (TPSA) is 63.3 Å². The number of nitrogens with two attached hydrogens (primary N) is 1. The second-order valence-electron chi connectivity index (χ2n) is 3.96. The molecule has 0 aliphatic carbocycles. The fraction of sp³-hybridized carbons (Fsp3) is 0.417. The number of aryl methyl sites for hydroxylation is 2. The van der Waals surface area contributed by atoms with E-state index in [9.17, 15) is 4.79 Å². The molecule has 0 spiro atoms. The van der Waals surface area contributed by atoms with Crippen LogP contribution in [0.5, 0.6) is 0 Å². The number of halogens is 1. The quantitative estimate of drug-likeness (QED) is 0.856. The summed E-state index contributed by atoms with van der Waals surface area (Å²) in [5, 5.41) is 8.87. The molecule has 0 saturated carbocycles. The highest BCUT2D eigenvalue weighted by Crippen LogP contribution is 2.25. The van der Waals surface area contributed by atoms with Crippen LogP contribution in [-0.4, -0.2) is 17.1 Å². The third-order valence-corrected chi connectivity index (χ3v) is 2.82. The lowest BCUT2D eigenvalue weighted by Gasteiger charge is -2.20. The zero-order chi connectivity index (χ0) is 11.6. The summed E-state index contributed by atoms with van der Waals surface area (Å²) in [5.41, 5.74) is 8.87. The van der Waals surface area contributed by atoms with Gasteiger partial charge in [-0.1, -0.05) is 25.1 Å². The van der Waals surface area contributed by atoms with Crippen LogP contribution in [-0.2, 0) is 4.79 Å². The minimum atomic E-state index is -0.954. The zero-order valence-corrected chi connectivity index (χ0v) is 10.5. The molecule has 0 aromatic heterocycles. The zero-order valence-electron chi connectivity index (χ0n) is 9.73. The van der Waals surface area contributed by atoms with Gasteiger partial charge in [0, 0.05) is 5.92 Å². The van der Waals surface area contributed by atoms with E-state index in [-0.39, 0.29) is 18.3 Å². The van der Waals surface area contributed by atoms with E-state index in [2.05, 4.69) is 0 Å². The molecule has 0 aliphatic rings. The predicted molar refractivity (Wildman–Crippen MR) is 67.2 cm³/mol. The molecule has 0 saturated heterocycles. The molecule has 0 unspecified atom stereocenters. The fourth-order valence-corrected chi connectivity index (χ4v) is 1.94. The lowest BCUT2D eigenvalue weighted by Crippen LogP contribution is -2.35. The number of hydrogen-bond donors (Lipinski definition) is 2. The van der Waals surface area contributed by atoms with Gasteiger partial charge < -0.3 is 10.8 Å². The summed E-state index contributed by atoms with van der Waals surface area (Å²) < 4.78 is 0. The van der Waals surface area contributed by atoms with Gasteiger partial charge in [0.25, 0.3) is 0 Å². The first kappa shape index (κ1) is 14.9. The smallest absolute Gasteiger partial charge is 0.321 e. The summed E-state index contributed by atoms with van der Waals surface area (Å²) in [6.45, 7) is 5.81. The molecule has 16 heavy (non-hydrogen) atoms. The van der Waals surface area contributed by atoms with Crippen molar-refractivity contribution in [1.29, 1.82) is 0 Å². The molecule has 0 fully saturated rings. The number of carboxylic acid groups (broad SMARTS) is 1. The molecule has 1 aromatic carbocycles. The maximum Gasteiger partial charge on any atom is 0.321 e. The van der Waals surface area contributed by atoms with Crippen molar-refractivity contribution < 1.29 is 9.90 Å². The number of carboxylic acids is 1. The molecule has 90 valence electrons. The Morgan fingerprint density at radius 1 is 1.31 bits per heavy atom. The number of aliphatic carboxylic acids is 1. The van der Waals surface area contributed by atoms with Crippen LogP contribution in [0.3, 0.4) is 0 Å². The Bertz CT molecular complexity index is 359. The van der Waals surface area contributed by atoms with Gasteiger partial charge in [-0.3, -0.25) is 4.79 Å². The van der Waals surface area contributed by atoms with E-state index < -0.39 is 12.0 Å². The normalized spacial score (nSPS) is 13.8. The minimum Gasteiger partial charge on any atom is -0.480 e. The van der Waals surface area contributed by atoms with Gasteiger partial charge in [-0.15, -0.1) is 12.4 Å². The van der Waals surface area contributed by atoms with E-state index in [0.29, 0.717) is 0 Å². The number of benzene rings is 1. The van der Waals surface area contributed by atoms with Crippen LogP contribution in [0, 0.1) is 13.8 Å². The SMILES string of the molecule is Cc1cccc(C)c1[C@H](C)[C@H](N)C(=O)O.Cl. The summed E-state index contributed by atoms with van der Waals surface area (Å²) in [5.74, 6) is -1.12. The maximum absolute atomic E-state index is 10.8. The van der Waals surface area contributed by atoms with Gasteiger partial charge in [0.05, 0.1) is 0 Å². The molecule has 1 rings (SSSR count). The third-order valence-electron chi connectivity index (χ3n) is 2.82. The highest BCUT2D eigenvalue weighted by molar-refractivity contribution is 5.85. The molecule has 3 nitrogen and oxygen atoms in total. The average molecular weight is 244 g/mol. The molecular weight excluding hydrogens is 226 g/mol.